The number of para-hydroxylation sites is 1. The highest BCUT2D eigenvalue weighted by molar-refractivity contribution is 7.90. The Balaban J connectivity index is 2.37. The Kier molecular flexibility index (Phi) is 3.63. The molecule has 0 radical (unpaired) electrons. The Morgan fingerprint density at radius 3 is 2.35 bits per heavy atom. The summed E-state index contributed by atoms with van der Waals surface area (Å²) in [6.07, 6.45) is 1.12. The summed E-state index contributed by atoms with van der Waals surface area (Å²) < 4.78 is 23.2. The van der Waals surface area contributed by atoms with Gasteiger partial charge in [-0.3, -0.25) is 0 Å². The number of hydrogen-bond donors (Lipinski definition) is 2. The number of anilines is 3. The molecule has 0 atom stereocenters. The van der Waals surface area contributed by atoms with Gasteiger partial charge in [-0.15, -0.1) is 0 Å². The number of nitrogen functional groups attached to an aromatic ring is 1. The summed E-state index contributed by atoms with van der Waals surface area (Å²) >= 11 is 0. The molecule has 102 valence electrons. The van der Waals surface area contributed by atoms with Gasteiger partial charge in [0.15, 0.2) is 9.84 Å². The maximum absolute atomic E-state index is 11.6. The second kappa shape index (κ2) is 5.23. The first-order valence-electron chi connectivity index (χ1n) is 5.77. The van der Waals surface area contributed by atoms with E-state index in [1.54, 1.807) is 36.4 Å². The van der Waals surface area contributed by atoms with E-state index in [0.29, 0.717) is 11.3 Å². The van der Waals surface area contributed by atoms with Gasteiger partial charge in [0, 0.05) is 11.9 Å². The molecule has 3 N–H and O–H groups in total. The zero-order chi connectivity index (χ0) is 14.8. The molecule has 0 aliphatic carbocycles. The monoisotopic (exact) mass is 287 g/mol. The van der Waals surface area contributed by atoms with E-state index in [4.69, 9.17) is 11.0 Å². The average molecular weight is 287 g/mol. The molecule has 5 nitrogen and oxygen atoms in total. The predicted octanol–water partition coefficient (Wildman–Crippen LogP) is 2.29. The lowest BCUT2D eigenvalue weighted by atomic mass is 10.2. The second-order valence-corrected chi connectivity index (χ2v) is 6.29. The predicted molar refractivity (Wildman–Crippen MR) is 78.4 cm³/mol. The summed E-state index contributed by atoms with van der Waals surface area (Å²) in [5.74, 6) is 0. The molecule has 0 heterocycles. The van der Waals surface area contributed by atoms with Gasteiger partial charge >= 0.3 is 0 Å². The van der Waals surface area contributed by atoms with Crippen LogP contribution in [0.4, 0.5) is 17.1 Å². The van der Waals surface area contributed by atoms with E-state index in [-0.39, 0.29) is 10.6 Å². The quantitative estimate of drug-likeness (QED) is 0.844. The van der Waals surface area contributed by atoms with E-state index in [2.05, 4.69) is 5.32 Å². The lowest BCUT2D eigenvalue weighted by Crippen LogP contribution is -2.05. The van der Waals surface area contributed by atoms with Crippen molar-refractivity contribution in [2.24, 2.45) is 0 Å². The third-order valence-electron chi connectivity index (χ3n) is 2.76. The molecule has 0 saturated carbocycles. The molecule has 0 aromatic heterocycles. The molecule has 0 amide bonds. The standard InChI is InChI=1S/C14H13N3O2S/c1-20(18,19)13-4-2-3-12(14(13)16)17-11-7-5-10(9-15)6-8-11/h2-8,17H,16H2,1H3. The largest absolute Gasteiger partial charge is 0.396 e. The molecule has 0 aliphatic heterocycles. The number of rotatable bonds is 3. The number of benzene rings is 2. The third kappa shape index (κ3) is 2.90. The molecule has 0 aliphatic rings. The van der Waals surface area contributed by atoms with Crippen molar-refractivity contribution in [1.29, 1.82) is 5.26 Å². The highest BCUT2D eigenvalue weighted by Gasteiger charge is 2.14. The first-order valence-corrected chi connectivity index (χ1v) is 7.66. The Morgan fingerprint density at radius 2 is 1.80 bits per heavy atom. The first kappa shape index (κ1) is 13.9. The first-order chi connectivity index (χ1) is 9.41. The molecular formula is C14H13N3O2S. The van der Waals surface area contributed by atoms with Gasteiger partial charge in [-0.05, 0) is 36.4 Å². The Labute approximate surface area is 117 Å². The Bertz CT molecular complexity index is 775. The molecule has 0 unspecified atom stereocenters. The highest BCUT2D eigenvalue weighted by atomic mass is 32.2. The molecular weight excluding hydrogens is 274 g/mol. The molecule has 0 bridgehead atoms. The number of nitriles is 1. The summed E-state index contributed by atoms with van der Waals surface area (Å²) in [5.41, 5.74) is 7.84. The van der Waals surface area contributed by atoms with Crippen LogP contribution in [0.1, 0.15) is 5.56 Å². The van der Waals surface area contributed by atoms with Crippen molar-refractivity contribution in [3.63, 3.8) is 0 Å². The van der Waals surface area contributed by atoms with Crippen LogP contribution in [0, 0.1) is 11.3 Å². The maximum Gasteiger partial charge on any atom is 0.177 e. The fraction of sp³-hybridized carbons (Fsp3) is 0.0714. The van der Waals surface area contributed by atoms with Gasteiger partial charge < -0.3 is 11.1 Å². The van der Waals surface area contributed by atoms with Crippen molar-refractivity contribution in [3.8, 4) is 6.07 Å². The van der Waals surface area contributed by atoms with Gasteiger partial charge in [0.2, 0.25) is 0 Å². The van der Waals surface area contributed by atoms with Crippen LogP contribution in [0.15, 0.2) is 47.4 Å². The molecule has 6 heteroatoms. The average Bonchev–Trinajstić information content (AvgIpc) is 2.40. The summed E-state index contributed by atoms with van der Waals surface area (Å²) in [7, 11) is -3.37. The minimum Gasteiger partial charge on any atom is -0.396 e. The molecule has 20 heavy (non-hydrogen) atoms. The third-order valence-corrected chi connectivity index (χ3v) is 3.91. The second-order valence-electron chi connectivity index (χ2n) is 4.30. The maximum atomic E-state index is 11.6. The van der Waals surface area contributed by atoms with Crippen molar-refractivity contribution < 1.29 is 8.42 Å². The molecule has 2 aromatic rings. The van der Waals surface area contributed by atoms with Crippen molar-refractivity contribution in [3.05, 3.63) is 48.0 Å². The Hall–Kier alpha value is -2.52. The topological polar surface area (TPSA) is 96.0 Å². The lowest BCUT2D eigenvalue weighted by Gasteiger charge is -2.12. The summed E-state index contributed by atoms with van der Waals surface area (Å²) in [4.78, 5) is 0.0937. The van der Waals surface area contributed by atoms with Gasteiger partial charge in [-0.1, -0.05) is 6.07 Å². The van der Waals surface area contributed by atoms with Gasteiger partial charge in [-0.25, -0.2) is 8.42 Å². The zero-order valence-corrected chi connectivity index (χ0v) is 11.6. The number of nitrogens with two attached hydrogens (primary N) is 1. The van der Waals surface area contributed by atoms with Crippen LogP contribution in [0.25, 0.3) is 0 Å². The van der Waals surface area contributed by atoms with Crippen LogP contribution >= 0.6 is 0 Å². The van der Waals surface area contributed by atoms with Crippen LogP contribution in [0.5, 0.6) is 0 Å². The van der Waals surface area contributed by atoms with E-state index in [1.807, 2.05) is 6.07 Å². The van der Waals surface area contributed by atoms with E-state index in [9.17, 15) is 8.42 Å². The van der Waals surface area contributed by atoms with Gasteiger partial charge in [0.05, 0.1) is 27.9 Å². The smallest absolute Gasteiger partial charge is 0.177 e. The lowest BCUT2D eigenvalue weighted by molar-refractivity contribution is 0.602. The van der Waals surface area contributed by atoms with Crippen LogP contribution in [0.2, 0.25) is 0 Å². The number of hydrogen-bond acceptors (Lipinski definition) is 5. The number of nitrogens with zero attached hydrogens (tertiary/aromatic N) is 1. The molecule has 0 spiro atoms. The van der Waals surface area contributed by atoms with Crippen LogP contribution < -0.4 is 11.1 Å². The van der Waals surface area contributed by atoms with E-state index >= 15 is 0 Å². The molecule has 2 aromatic carbocycles. The minimum absolute atomic E-state index is 0.0937. The number of sulfone groups is 1. The minimum atomic E-state index is -3.37. The normalized spacial score (nSPS) is 10.8. The fourth-order valence-corrected chi connectivity index (χ4v) is 2.60. The van der Waals surface area contributed by atoms with Crippen molar-refractivity contribution in [1.82, 2.24) is 0 Å². The Morgan fingerprint density at radius 1 is 1.15 bits per heavy atom. The highest BCUT2D eigenvalue weighted by Crippen LogP contribution is 2.29. The fourth-order valence-electron chi connectivity index (χ4n) is 1.76. The molecule has 0 fully saturated rings. The van der Waals surface area contributed by atoms with Gasteiger partial charge in [0.25, 0.3) is 0 Å². The van der Waals surface area contributed by atoms with Crippen LogP contribution in [-0.4, -0.2) is 14.7 Å². The van der Waals surface area contributed by atoms with Crippen molar-refractivity contribution in [2.75, 3.05) is 17.3 Å². The number of nitrogens with one attached hydrogen (secondary N) is 1. The van der Waals surface area contributed by atoms with Crippen molar-refractivity contribution in [2.45, 2.75) is 4.90 Å². The molecule has 0 saturated heterocycles. The van der Waals surface area contributed by atoms with Gasteiger partial charge in [-0.2, -0.15) is 5.26 Å². The van der Waals surface area contributed by atoms with Gasteiger partial charge in [0.1, 0.15) is 0 Å². The SMILES string of the molecule is CS(=O)(=O)c1cccc(Nc2ccc(C#N)cc2)c1N. The summed E-state index contributed by atoms with van der Waals surface area (Å²) in [5, 5.41) is 11.8. The summed E-state index contributed by atoms with van der Waals surface area (Å²) in [6, 6.07) is 13.6. The zero-order valence-electron chi connectivity index (χ0n) is 10.8. The van der Waals surface area contributed by atoms with Crippen LogP contribution in [0.3, 0.4) is 0 Å². The molecule has 2 rings (SSSR count). The van der Waals surface area contributed by atoms with E-state index in [1.165, 1.54) is 6.07 Å². The van der Waals surface area contributed by atoms with E-state index < -0.39 is 9.84 Å². The summed E-state index contributed by atoms with van der Waals surface area (Å²) in [6.45, 7) is 0. The van der Waals surface area contributed by atoms with Crippen molar-refractivity contribution >= 4 is 26.9 Å². The van der Waals surface area contributed by atoms with Crippen LogP contribution in [-0.2, 0) is 9.84 Å². The van der Waals surface area contributed by atoms with E-state index in [0.717, 1.165) is 11.9 Å².